The molecule has 2 unspecified atom stereocenters. The van der Waals surface area contributed by atoms with Crippen LogP contribution in [0.4, 0.5) is 0 Å². The lowest BCUT2D eigenvalue weighted by Crippen LogP contribution is -2.29. The molecule has 0 saturated heterocycles. The minimum Gasteiger partial charge on any atom is -0.462 e. The highest BCUT2D eigenvalue weighted by Gasteiger charge is 2.26. The van der Waals surface area contributed by atoms with Gasteiger partial charge in [-0.2, -0.15) is 0 Å². The fraction of sp³-hybridized carbons (Fsp3) is 0.956. The van der Waals surface area contributed by atoms with Gasteiger partial charge in [0.2, 0.25) is 0 Å². The third-order valence-corrected chi connectivity index (χ3v) is 11.5. The lowest BCUT2D eigenvalue weighted by atomic mass is 10.0. The van der Waals surface area contributed by atoms with Gasteiger partial charge in [-0.3, -0.25) is 18.6 Å². The summed E-state index contributed by atoms with van der Waals surface area (Å²) in [7, 11) is -4.37. The average Bonchev–Trinajstić information content (AvgIpc) is 3.17. The Kier molecular flexibility index (Phi) is 41.8. The normalized spacial score (nSPS) is 13.2. The highest BCUT2D eigenvalue weighted by atomic mass is 31.2. The summed E-state index contributed by atoms with van der Waals surface area (Å²) < 4.78 is 32.7. The molecule has 0 amide bonds. The molecule has 0 aromatic carbocycles. The van der Waals surface area contributed by atoms with Crippen LogP contribution >= 0.6 is 7.82 Å². The highest BCUT2D eigenvalue weighted by Crippen LogP contribution is 2.43. The van der Waals surface area contributed by atoms with Crippen molar-refractivity contribution in [2.24, 2.45) is 5.73 Å². The van der Waals surface area contributed by atoms with Gasteiger partial charge >= 0.3 is 19.8 Å². The van der Waals surface area contributed by atoms with Gasteiger partial charge in [-0.05, 0) is 12.8 Å². The maximum Gasteiger partial charge on any atom is 0.472 e. The second-order valence-corrected chi connectivity index (χ2v) is 17.4. The second-order valence-electron chi connectivity index (χ2n) is 16.0. The molecule has 9 nitrogen and oxygen atoms in total. The number of rotatable bonds is 45. The first-order valence-corrected chi connectivity index (χ1v) is 25.0. The van der Waals surface area contributed by atoms with Gasteiger partial charge in [0.15, 0.2) is 6.10 Å². The molecule has 0 rings (SSSR count). The molecule has 0 aliphatic heterocycles. The van der Waals surface area contributed by atoms with Crippen LogP contribution in [0.2, 0.25) is 0 Å². The standard InChI is InChI=1S/C45H90NO8P/c1-3-5-7-9-11-13-14-15-16-17-18-19-20-21-22-23-24-25-26-27-28-30-32-34-36-38-45(48)54-43(42-53-55(49,50)52-40-39-46)41-51-44(47)37-35-33-31-29-12-10-8-6-4-2/h43H,3-42,46H2,1-2H3,(H,49,50). The zero-order valence-corrected chi connectivity index (χ0v) is 37.1. The average molecular weight is 804 g/mol. The van der Waals surface area contributed by atoms with Crippen molar-refractivity contribution in [1.82, 2.24) is 0 Å². The number of phosphoric acid groups is 1. The summed E-state index contributed by atoms with van der Waals surface area (Å²) in [5, 5.41) is 0. The zero-order chi connectivity index (χ0) is 40.3. The van der Waals surface area contributed by atoms with Crippen molar-refractivity contribution in [3.05, 3.63) is 0 Å². The molecule has 0 aliphatic rings. The highest BCUT2D eigenvalue weighted by molar-refractivity contribution is 7.47. The van der Waals surface area contributed by atoms with E-state index in [1.54, 1.807) is 0 Å². The van der Waals surface area contributed by atoms with Gasteiger partial charge in [-0.1, -0.05) is 219 Å². The Morgan fingerprint density at radius 2 is 0.782 bits per heavy atom. The Labute approximate surface area is 339 Å². The van der Waals surface area contributed by atoms with E-state index in [1.165, 1.54) is 180 Å². The van der Waals surface area contributed by atoms with Crippen molar-refractivity contribution < 1.29 is 37.6 Å². The first kappa shape index (κ1) is 54.0. The van der Waals surface area contributed by atoms with E-state index < -0.39 is 26.5 Å². The van der Waals surface area contributed by atoms with E-state index in [9.17, 15) is 19.0 Å². The van der Waals surface area contributed by atoms with Crippen molar-refractivity contribution >= 4 is 19.8 Å². The summed E-state index contributed by atoms with van der Waals surface area (Å²) in [6.07, 6.45) is 43.0. The largest absolute Gasteiger partial charge is 0.472 e. The van der Waals surface area contributed by atoms with Crippen molar-refractivity contribution in [2.45, 2.75) is 251 Å². The fourth-order valence-corrected chi connectivity index (χ4v) is 7.76. The van der Waals surface area contributed by atoms with Gasteiger partial charge < -0.3 is 20.1 Å². The number of hydrogen-bond donors (Lipinski definition) is 2. The zero-order valence-electron chi connectivity index (χ0n) is 36.2. The van der Waals surface area contributed by atoms with E-state index in [1.807, 2.05) is 0 Å². The number of unbranched alkanes of at least 4 members (excludes halogenated alkanes) is 32. The van der Waals surface area contributed by atoms with Crippen LogP contribution in [0.5, 0.6) is 0 Å². The van der Waals surface area contributed by atoms with Gasteiger partial charge in [-0.15, -0.1) is 0 Å². The lowest BCUT2D eigenvalue weighted by molar-refractivity contribution is -0.161. The SMILES string of the molecule is CCCCCCCCCCCCCCCCCCCCCCCCCCCC(=O)OC(COC(=O)CCCCCCCCCCC)COP(=O)(O)OCCN. The van der Waals surface area contributed by atoms with Crippen LogP contribution in [0.3, 0.4) is 0 Å². The first-order chi connectivity index (χ1) is 26.8. The molecule has 0 bridgehead atoms. The van der Waals surface area contributed by atoms with Crippen molar-refractivity contribution in [3.8, 4) is 0 Å². The van der Waals surface area contributed by atoms with Crippen LogP contribution in [0.25, 0.3) is 0 Å². The monoisotopic (exact) mass is 804 g/mol. The number of nitrogens with two attached hydrogens (primary N) is 1. The summed E-state index contributed by atoms with van der Waals surface area (Å²) in [5.41, 5.74) is 5.34. The molecular formula is C45H90NO8P. The quantitative estimate of drug-likeness (QED) is 0.0350. The van der Waals surface area contributed by atoms with Gasteiger partial charge in [0.1, 0.15) is 6.61 Å². The van der Waals surface area contributed by atoms with E-state index in [0.717, 1.165) is 32.1 Å². The maximum atomic E-state index is 12.6. The Bertz CT molecular complexity index is 876. The Hall–Kier alpha value is -0.990. The number of hydrogen-bond acceptors (Lipinski definition) is 8. The Balaban J connectivity index is 3.90. The van der Waals surface area contributed by atoms with E-state index >= 15 is 0 Å². The summed E-state index contributed by atoms with van der Waals surface area (Å²) in [5.74, 6) is -0.816. The van der Waals surface area contributed by atoms with E-state index in [2.05, 4.69) is 13.8 Å². The molecule has 0 radical (unpaired) electrons. The van der Waals surface area contributed by atoms with Gasteiger partial charge in [0.05, 0.1) is 13.2 Å². The molecule has 10 heteroatoms. The topological polar surface area (TPSA) is 134 Å². The molecular weight excluding hydrogens is 713 g/mol. The predicted molar refractivity (Wildman–Crippen MR) is 229 cm³/mol. The number of carbonyl (C=O) groups excluding carboxylic acids is 2. The molecule has 0 spiro atoms. The van der Waals surface area contributed by atoms with Crippen LogP contribution in [0, 0.1) is 0 Å². The van der Waals surface area contributed by atoms with Gasteiger partial charge in [0.25, 0.3) is 0 Å². The number of phosphoric ester groups is 1. The van der Waals surface area contributed by atoms with Gasteiger partial charge in [-0.25, -0.2) is 4.57 Å². The molecule has 0 saturated carbocycles. The van der Waals surface area contributed by atoms with E-state index in [-0.39, 0.29) is 38.6 Å². The Morgan fingerprint density at radius 3 is 1.11 bits per heavy atom. The number of ether oxygens (including phenoxy) is 2. The van der Waals surface area contributed by atoms with E-state index in [0.29, 0.717) is 6.42 Å². The van der Waals surface area contributed by atoms with Crippen molar-refractivity contribution in [2.75, 3.05) is 26.4 Å². The maximum absolute atomic E-state index is 12.6. The first-order valence-electron chi connectivity index (χ1n) is 23.5. The molecule has 2 atom stereocenters. The van der Waals surface area contributed by atoms with Crippen LogP contribution in [0.15, 0.2) is 0 Å². The number of carbonyl (C=O) groups is 2. The minimum atomic E-state index is -4.37. The van der Waals surface area contributed by atoms with Crippen LogP contribution in [-0.2, 0) is 32.7 Å². The lowest BCUT2D eigenvalue weighted by Gasteiger charge is -2.19. The molecule has 0 fully saturated rings. The van der Waals surface area contributed by atoms with Crippen molar-refractivity contribution in [3.63, 3.8) is 0 Å². The third-order valence-electron chi connectivity index (χ3n) is 10.5. The van der Waals surface area contributed by atoms with E-state index in [4.69, 9.17) is 24.3 Å². The predicted octanol–water partition coefficient (Wildman–Crippen LogP) is 13.6. The summed E-state index contributed by atoms with van der Waals surface area (Å²) >= 11 is 0. The second kappa shape index (κ2) is 42.6. The van der Waals surface area contributed by atoms with Crippen LogP contribution in [-0.4, -0.2) is 49.3 Å². The van der Waals surface area contributed by atoms with Gasteiger partial charge in [0, 0.05) is 19.4 Å². The third kappa shape index (κ3) is 42.4. The summed E-state index contributed by atoms with van der Waals surface area (Å²) in [4.78, 5) is 34.8. The van der Waals surface area contributed by atoms with Crippen LogP contribution < -0.4 is 5.73 Å². The number of esters is 2. The summed E-state index contributed by atoms with van der Waals surface area (Å²) in [6.45, 7) is 3.75. The fourth-order valence-electron chi connectivity index (χ4n) is 6.99. The summed E-state index contributed by atoms with van der Waals surface area (Å²) in [6, 6.07) is 0. The minimum absolute atomic E-state index is 0.0579. The molecule has 0 heterocycles. The molecule has 55 heavy (non-hydrogen) atoms. The molecule has 0 aromatic rings. The molecule has 3 N–H and O–H groups in total. The molecule has 0 aromatic heterocycles. The smallest absolute Gasteiger partial charge is 0.462 e. The molecule has 328 valence electrons. The molecule has 0 aliphatic carbocycles. The van der Waals surface area contributed by atoms with Crippen LogP contribution in [0.1, 0.15) is 245 Å². The van der Waals surface area contributed by atoms with Crippen molar-refractivity contribution in [1.29, 1.82) is 0 Å². The Morgan fingerprint density at radius 1 is 0.473 bits per heavy atom.